The number of nitriles is 1. The third-order valence-electron chi connectivity index (χ3n) is 1.56. The fourth-order valence-corrected chi connectivity index (χ4v) is 1.66. The van der Waals surface area contributed by atoms with E-state index in [0.29, 0.717) is 5.52 Å². The summed E-state index contributed by atoms with van der Waals surface area (Å²) >= 11 is 1.36. The summed E-state index contributed by atoms with van der Waals surface area (Å²) in [6, 6.07) is 4.94. The number of halogens is 1. The van der Waals surface area contributed by atoms with Crippen LogP contribution in [0.15, 0.2) is 17.6 Å². The number of benzene rings is 1. The molecule has 0 radical (unpaired) electrons. The average Bonchev–Trinajstić information content (AvgIpc) is 2.53. The van der Waals surface area contributed by atoms with Gasteiger partial charge in [0, 0.05) is 0 Å². The fraction of sp³-hybridized carbons (Fsp3) is 0. The maximum atomic E-state index is 13.2. The molecule has 0 aliphatic carbocycles. The SMILES string of the molecule is N#Cc1ccc2scnc2c1F. The van der Waals surface area contributed by atoms with Crippen molar-refractivity contribution in [2.24, 2.45) is 0 Å². The molecule has 2 nitrogen and oxygen atoms in total. The van der Waals surface area contributed by atoms with Gasteiger partial charge in [0.1, 0.15) is 11.6 Å². The second kappa shape index (κ2) is 2.54. The molecule has 0 atom stereocenters. The van der Waals surface area contributed by atoms with E-state index in [-0.39, 0.29) is 5.56 Å². The molecule has 1 aromatic heterocycles. The van der Waals surface area contributed by atoms with Crippen LogP contribution in [0.4, 0.5) is 4.39 Å². The number of aromatic nitrogens is 1. The molecule has 12 heavy (non-hydrogen) atoms. The van der Waals surface area contributed by atoms with Gasteiger partial charge in [0.25, 0.3) is 0 Å². The van der Waals surface area contributed by atoms with Crippen LogP contribution >= 0.6 is 11.3 Å². The van der Waals surface area contributed by atoms with Gasteiger partial charge >= 0.3 is 0 Å². The van der Waals surface area contributed by atoms with Crippen LogP contribution in [0.5, 0.6) is 0 Å². The lowest BCUT2D eigenvalue weighted by Crippen LogP contribution is -1.83. The molecule has 0 amide bonds. The minimum Gasteiger partial charge on any atom is -0.242 e. The minimum atomic E-state index is -0.517. The topological polar surface area (TPSA) is 36.7 Å². The van der Waals surface area contributed by atoms with Gasteiger partial charge < -0.3 is 0 Å². The van der Waals surface area contributed by atoms with Gasteiger partial charge in [0.2, 0.25) is 0 Å². The Morgan fingerprint density at radius 3 is 3.08 bits per heavy atom. The molecule has 0 spiro atoms. The molecular formula is C8H3FN2S. The second-order valence-electron chi connectivity index (χ2n) is 2.24. The number of thiazole rings is 1. The van der Waals surface area contributed by atoms with Gasteiger partial charge in [-0.05, 0) is 12.1 Å². The summed E-state index contributed by atoms with van der Waals surface area (Å²) in [5.41, 5.74) is 1.90. The lowest BCUT2D eigenvalue weighted by molar-refractivity contribution is 0.633. The zero-order valence-electron chi connectivity index (χ0n) is 5.91. The monoisotopic (exact) mass is 178 g/mol. The van der Waals surface area contributed by atoms with Gasteiger partial charge in [-0.1, -0.05) is 0 Å². The Morgan fingerprint density at radius 2 is 2.33 bits per heavy atom. The third kappa shape index (κ3) is 0.874. The summed E-state index contributed by atoms with van der Waals surface area (Å²) in [4.78, 5) is 3.82. The minimum absolute atomic E-state index is 0.0494. The first-order chi connectivity index (χ1) is 5.83. The number of hydrogen-bond donors (Lipinski definition) is 0. The summed E-state index contributed by atoms with van der Waals surface area (Å²) in [7, 11) is 0. The van der Waals surface area contributed by atoms with Crippen LogP contribution in [0, 0.1) is 17.1 Å². The maximum Gasteiger partial charge on any atom is 0.168 e. The molecule has 2 rings (SSSR count). The molecule has 1 aromatic carbocycles. The molecule has 0 N–H and O–H groups in total. The molecular weight excluding hydrogens is 175 g/mol. The van der Waals surface area contributed by atoms with Gasteiger partial charge in [0.05, 0.1) is 15.8 Å². The van der Waals surface area contributed by atoms with Crippen LogP contribution in [0.1, 0.15) is 5.56 Å². The second-order valence-corrected chi connectivity index (χ2v) is 3.12. The van der Waals surface area contributed by atoms with Crippen LogP contribution in [0.25, 0.3) is 10.2 Å². The van der Waals surface area contributed by atoms with Crippen LogP contribution in [0.2, 0.25) is 0 Å². The first-order valence-corrected chi connectivity index (χ1v) is 4.12. The van der Waals surface area contributed by atoms with Crippen molar-refractivity contribution in [3.05, 3.63) is 29.0 Å². The van der Waals surface area contributed by atoms with E-state index in [4.69, 9.17) is 5.26 Å². The third-order valence-corrected chi connectivity index (χ3v) is 2.36. The van der Waals surface area contributed by atoms with Crippen LogP contribution in [0.3, 0.4) is 0 Å². The largest absolute Gasteiger partial charge is 0.242 e. The molecule has 0 aliphatic rings. The Morgan fingerprint density at radius 1 is 1.50 bits per heavy atom. The predicted molar refractivity (Wildman–Crippen MR) is 44.3 cm³/mol. The van der Waals surface area contributed by atoms with E-state index < -0.39 is 5.82 Å². The van der Waals surface area contributed by atoms with Crippen molar-refractivity contribution in [2.75, 3.05) is 0 Å². The molecule has 4 heteroatoms. The zero-order valence-corrected chi connectivity index (χ0v) is 6.73. The molecule has 0 aliphatic heterocycles. The molecule has 0 unspecified atom stereocenters. The number of rotatable bonds is 0. The summed E-state index contributed by atoms with van der Waals surface area (Å²) < 4.78 is 14.0. The summed E-state index contributed by atoms with van der Waals surface area (Å²) in [6.07, 6.45) is 0. The summed E-state index contributed by atoms with van der Waals surface area (Å²) in [6.45, 7) is 0. The van der Waals surface area contributed by atoms with Crippen molar-refractivity contribution < 1.29 is 4.39 Å². The number of nitrogens with zero attached hydrogens (tertiary/aromatic N) is 2. The lowest BCUT2D eigenvalue weighted by atomic mass is 10.2. The predicted octanol–water partition coefficient (Wildman–Crippen LogP) is 2.31. The summed E-state index contributed by atoms with van der Waals surface area (Å²) in [5, 5.41) is 8.50. The van der Waals surface area contributed by atoms with E-state index in [1.54, 1.807) is 17.6 Å². The highest BCUT2D eigenvalue weighted by Gasteiger charge is 2.07. The van der Waals surface area contributed by atoms with Crippen molar-refractivity contribution in [3.8, 4) is 6.07 Å². The lowest BCUT2D eigenvalue weighted by Gasteiger charge is -1.91. The zero-order chi connectivity index (χ0) is 8.55. The number of hydrogen-bond acceptors (Lipinski definition) is 3. The Bertz CT molecular complexity index is 469. The smallest absolute Gasteiger partial charge is 0.168 e. The van der Waals surface area contributed by atoms with E-state index in [0.717, 1.165) is 4.70 Å². The van der Waals surface area contributed by atoms with E-state index in [1.807, 2.05) is 0 Å². The van der Waals surface area contributed by atoms with E-state index in [9.17, 15) is 4.39 Å². The standard InChI is InChI=1S/C8H3FN2S/c9-7-5(3-10)1-2-6-8(7)11-4-12-6/h1-2,4H. The van der Waals surface area contributed by atoms with Crippen LogP contribution < -0.4 is 0 Å². The van der Waals surface area contributed by atoms with Gasteiger partial charge in [-0.3, -0.25) is 0 Å². The van der Waals surface area contributed by atoms with Gasteiger partial charge in [-0.25, -0.2) is 9.37 Å². The van der Waals surface area contributed by atoms with Crippen LogP contribution in [-0.4, -0.2) is 4.98 Å². The normalized spacial score (nSPS) is 10.0. The van der Waals surface area contributed by atoms with Gasteiger partial charge in [-0.2, -0.15) is 5.26 Å². The molecule has 0 saturated heterocycles. The molecule has 1 heterocycles. The highest BCUT2D eigenvalue weighted by molar-refractivity contribution is 7.16. The first kappa shape index (κ1) is 7.19. The van der Waals surface area contributed by atoms with E-state index in [1.165, 1.54) is 17.4 Å². The van der Waals surface area contributed by atoms with Crippen molar-refractivity contribution in [1.82, 2.24) is 4.98 Å². The van der Waals surface area contributed by atoms with Crippen molar-refractivity contribution in [2.45, 2.75) is 0 Å². The number of fused-ring (bicyclic) bond motifs is 1. The Kier molecular flexibility index (Phi) is 1.52. The van der Waals surface area contributed by atoms with E-state index >= 15 is 0 Å². The quantitative estimate of drug-likeness (QED) is 0.620. The van der Waals surface area contributed by atoms with Gasteiger partial charge in [-0.15, -0.1) is 11.3 Å². The molecule has 0 saturated carbocycles. The Labute approximate surface area is 71.9 Å². The van der Waals surface area contributed by atoms with E-state index in [2.05, 4.69) is 4.98 Å². The van der Waals surface area contributed by atoms with Crippen LogP contribution in [-0.2, 0) is 0 Å². The molecule has 0 fully saturated rings. The van der Waals surface area contributed by atoms with Crippen molar-refractivity contribution in [3.63, 3.8) is 0 Å². The molecule has 0 bridgehead atoms. The molecule has 2 aromatic rings. The Balaban J connectivity index is 2.89. The highest BCUT2D eigenvalue weighted by atomic mass is 32.1. The maximum absolute atomic E-state index is 13.2. The first-order valence-electron chi connectivity index (χ1n) is 3.24. The van der Waals surface area contributed by atoms with Crippen molar-refractivity contribution in [1.29, 1.82) is 5.26 Å². The van der Waals surface area contributed by atoms with Gasteiger partial charge in [0.15, 0.2) is 5.82 Å². The fourth-order valence-electron chi connectivity index (χ4n) is 0.984. The Hall–Kier alpha value is -1.47. The average molecular weight is 178 g/mol. The summed E-state index contributed by atoms with van der Waals surface area (Å²) in [5.74, 6) is -0.517. The highest BCUT2D eigenvalue weighted by Crippen LogP contribution is 2.22. The van der Waals surface area contributed by atoms with Crippen molar-refractivity contribution >= 4 is 21.6 Å². The molecule has 58 valence electrons.